The summed E-state index contributed by atoms with van der Waals surface area (Å²) >= 11 is 7.60. The average Bonchev–Trinajstić information content (AvgIpc) is 1.25. The second-order valence-electron chi connectivity index (χ2n) is 0.900. The zero-order valence-electron chi connectivity index (χ0n) is 4.27. The molecule has 0 heterocycles. The molecule has 0 atom stereocenters. The van der Waals surface area contributed by atoms with E-state index in [1.54, 1.807) is 0 Å². The third-order valence-corrected chi connectivity index (χ3v) is 4.42. The summed E-state index contributed by atoms with van der Waals surface area (Å²) in [7, 11) is -4.34. The maximum absolute atomic E-state index is 9.96. The van der Waals surface area contributed by atoms with Gasteiger partial charge in [-0.2, -0.15) is 0 Å². The quantitative estimate of drug-likeness (QED) is 0.297. The first-order valence-electron chi connectivity index (χ1n) is 1.27. The van der Waals surface area contributed by atoms with Crippen molar-refractivity contribution in [2.45, 2.75) is 1.47 Å². The van der Waals surface area contributed by atoms with Gasteiger partial charge in [0.05, 0.1) is 0 Å². The second kappa shape index (κ2) is 4.39. The first-order valence-corrected chi connectivity index (χ1v) is 5.06. The fraction of sp³-hybridized carbons (Fsp3) is 1.00. The number of halogens is 3. The van der Waals surface area contributed by atoms with E-state index in [1.165, 1.54) is 0 Å². The van der Waals surface area contributed by atoms with Gasteiger partial charge in [-0.1, -0.05) is 0 Å². The fourth-order valence-electron chi connectivity index (χ4n) is 0. The third kappa shape index (κ3) is 5.60. The van der Waals surface area contributed by atoms with Crippen LogP contribution in [0.1, 0.15) is 0 Å². The van der Waals surface area contributed by atoms with Crippen molar-refractivity contribution in [1.29, 1.82) is 0 Å². The van der Waals surface area contributed by atoms with Crippen LogP contribution in [0.4, 0.5) is 0 Å². The standard InChI is InChI=1S/CHBr3O3S.Na/c2-1(3,4)8(5,6)7;/h(H,5,6,7);/q;+1/p-1. The summed E-state index contributed by atoms with van der Waals surface area (Å²) in [6.07, 6.45) is 0. The van der Waals surface area contributed by atoms with Gasteiger partial charge < -0.3 is 4.55 Å². The molecule has 0 fully saturated rings. The molecular weight excluding hydrogens is 355 g/mol. The van der Waals surface area contributed by atoms with Gasteiger partial charge in [0.2, 0.25) is 1.47 Å². The fourth-order valence-corrected chi connectivity index (χ4v) is 0. The first kappa shape index (κ1) is 13.9. The molecule has 0 aromatic carbocycles. The predicted molar refractivity (Wildman–Crippen MR) is 39.2 cm³/mol. The summed E-state index contributed by atoms with van der Waals surface area (Å²) in [5.74, 6) is 0. The Hall–Kier alpha value is 2.35. The molecule has 0 amide bonds. The zero-order chi connectivity index (χ0) is 7.00. The van der Waals surface area contributed by atoms with Gasteiger partial charge in [-0.15, -0.1) is 0 Å². The maximum Gasteiger partial charge on any atom is 1.00 e. The Morgan fingerprint density at radius 2 is 1.33 bits per heavy atom. The molecule has 0 saturated carbocycles. The number of alkyl halides is 3. The van der Waals surface area contributed by atoms with Crippen molar-refractivity contribution in [3.63, 3.8) is 0 Å². The molecule has 0 rings (SSSR count). The normalized spacial score (nSPS) is 12.4. The minimum absolute atomic E-state index is 0. The van der Waals surface area contributed by atoms with Crippen LogP contribution in [0.25, 0.3) is 0 Å². The molecule has 0 N–H and O–H groups in total. The van der Waals surface area contributed by atoms with Crippen LogP contribution in [-0.2, 0) is 10.1 Å². The van der Waals surface area contributed by atoms with E-state index >= 15 is 0 Å². The molecular formula is CBr3NaO3S. The van der Waals surface area contributed by atoms with Gasteiger partial charge in [0.15, 0.2) is 0 Å². The van der Waals surface area contributed by atoms with Gasteiger partial charge >= 0.3 is 29.6 Å². The molecule has 0 radical (unpaired) electrons. The van der Waals surface area contributed by atoms with E-state index in [4.69, 9.17) is 0 Å². The molecule has 0 unspecified atom stereocenters. The minimum Gasteiger partial charge on any atom is -0.746 e. The van der Waals surface area contributed by atoms with Gasteiger partial charge in [0, 0.05) is 0 Å². The summed E-state index contributed by atoms with van der Waals surface area (Å²) in [6, 6.07) is 0. The molecule has 0 saturated heterocycles. The van der Waals surface area contributed by atoms with Crippen molar-refractivity contribution < 1.29 is 42.5 Å². The number of hydrogen-bond acceptors (Lipinski definition) is 3. The van der Waals surface area contributed by atoms with Crippen LogP contribution in [0.2, 0.25) is 0 Å². The molecule has 0 aromatic heterocycles. The van der Waals surface area contributed by atoms with Crippen LogP contribution >= 0.6 is 47.8 Å². The van der Waals surface area contributed by atoms with Gasteiger partial charge in [0.1, 0.15) is 10.1 Å². The Morgan fingerprint density at radius 3 is 1.33 bits per heavy atom. The van der Waals surface area contributed by atoms with Gasteiger partial charge in [0.25, 0.3) is 0 Å². The van der Waals surface area contributed by atoms with Crippen molar-refractivity contribution in [3.8, 4) is 0 Å². The van der Waals surface area contributed by atoms with Crippen LogP contribution < -0.4 is 29.6 Å². The Balaban J connectivity index is 0. The monoisotopic (exact) mass is 352 g/mol. The molecule has 0 spiro atoms. The summed E-state index contributed by atoms with van der Waals surface area (Å²) in [6.45, 7) is 0. The number of hydrogen-bond donors (Lipinski definition) is 0. The van der Waals surface area contributed by atoms with Gasteiger partial charge in [-0.05, 0) is 47.8 Å². The second-order valence-corrected chi connectivity index (χ2v) is 10.8. The molecule has 0 aliphatic heterocycles. The van der Waals surface area contributed by atoms with E-state index < -0.39 is 11.6 Å². The first-order chi connectivity index (χ1) is 3.25. The molecule has 8 heteroatoms. The minimum atomic E-state index is -4.34. The van der Waals surface area contributed by atoms with Crippen LogP contribution in [0.5, 0.6) is 0 Å². The van der Waals surface area contributed by atoms with Crippen molar-refractivity contribution >= 4 is 57.9 Å². The predicted octanol–water partition coefficient (Wildman–Crippen LogP) is -1.67. The van der Waals surface area contributed by atoms with Crippen LogP contribution in [0.15, 0.2) is 0 Å². The smallest absolute Gasteiger partial charge is 0.746 e. The van der Waals surface area contributed by atoms with Crippen molar-refractivity contribution in [1.82, 2.24) is 0 Å². The Bertz CT molecular complexity index is 168. The van der Waals surface area contributed by atoms with Crippen LogP contribution in [0.3, 0.4) is 0 Å². The van der Waals surface area contributed by atoms with Gasteiger partial charge in [-0.3, -0.25) is 0 Å². The van der Waals surface area contributed by atoms with E-state index in [0.29, 0.717) is 0 Å². The van der Waals surface area contributed by atoms with Crippen LogP contribution in [0, 0.1) is 0 Å². The van der Waals surface area contributed by atoms with E-state index in [2.05, 4.69) is 47.8 Å². The average molecular weight is 355 g/mol. The van der Waals surface area contributed by atoms with Crippen molar-refractivity contribution in [3.05, 3.63) is 0 Å². The maximum atomic E-state index is 9.96. The Morgan fingerprint density at radius 1 is 1.22 bits per heavy atom. The molecule has 0 aliphatic rings. The summed E-state index contributed by atoms with van der Waals surface area (Å²) in [5.41, 5.74) is 0. The molecule has 0 aliphatic carbocycles. The zero-order valence-corrected chi connectivity index (χ0v) is 11.8. The van der Waals surface area contributed by atoms with Crippen molar-refractivity contribution in [2.24, 2.45) is 0 Å². The van der Waals surface area contributed by atoms with E-state index in [9.17, 15) is 13.0 Å². The summed E-state index contributed by atoms with van der Waals surface area (Å²) in [5, 5.41) is 0. The van der Waals surface area contributed by atoms with E-state index in [1.807, 2.05) is 0 Å². The molecule has 50 valence electrons. The largest absolute Gasteiger partial charge is 1.00 e. The number of rotatable bonds is 0. The topological polar surface area (TPSA) is 57.2 Å². The van der Waals surface area contributed by atoms with E-state index in [0.717, 1.165) is 0 Å². The molecule has 0 bridgehead atoms. The third-order valence-electron chi connectivity index (χ3n) is 0.283. The molecule has 9 heavy (non-hydrogen) atoms. The molecule has 3 nitrogen and oxygen atoms in total. The Labute approximate surface area is 100 Å². The summed E-state index contributed by atoms with van der Waals surface area (Å²) < 4.78 is 28.2. The van der Waals surface area contributed by atoms with Gasteiger partial charge in [-0.25, -0.2) is 8.42 Å². The molecule has 0 aromatic rings. The van der Waals surface area contributed by atoms with Crippen LogP contribution in [-0.4, -0.2) is 14.4 Å². The Kier molecular flexibility index (Phi) is 6.79. The SMILES string of the molecule is O=S(=O)([O-])C(Br)(Br)Br.[Na+]. The van der Waals surface area contributed by atoms with Crippen molar-refractivity contribution in [2.75, 3.05) is 0 Å². The summed E-state index contributed by atoms with van der Waals surface area (Å²) in [4.78, 5) is 0. The van der Waals surface area contributed by atoms with E-state index in [-0.39, 0.29) is 29.6 Å².